The maximum Gasteiger partial charge on any atom is 0.259 e. The van der Waals surface area contributed by atoms with E-state index in [2.05, 4.69) is 16.9 Å². The van der Waals surface area contributed by atoms with E-state index >= 15 is 0 Å². The summed E-state index contributed by atoms with van der Waals surface area (Å²) in [6.07, 6.45) is 1.63. The first-order valence-electron chi connectivity index (χ1n) is 6.89. The van der Waals surface area contributed by atoms with Gasteiger partial charge in [0.1, 0.15) is 12.4 Å². The van der Waals surface area contributed by atoms with Gasteiger partial charge in [-0.15, -0.1) is 0 Å². The molecule has 1 aromatic carbocycles. The predicted molar refractivity (Wildman–Crippen MR) is 84.1 cm³/mol. The molecule has 0 aliphatic carbocycles. The number of fused-ring (bicyclic) bond motifs is 1. The van der Waals surface area contributed by atoms with Gasteiger partial charge in [0, 0.05) is 23.0 Å². The lowest BCUT2D eigenvalue weighted by atomic mass is 10.1. The Morgan fingerprint density at radius 1 is 1.27 bits per heavy atom. The third-order valence-corrected chi connectivity index (χ3v) is 3.52. The summed E-state index contributed by atoms with van der Waals surface area (Å²) >= 11 is 0. The van der Waals surface area contributed by atoms with Crippen LogP contribution in [0.1, 0.15) is 21.5 Å². The fraction of sp³-hybridized carbons (Fsp3) is 0.118. The van der Waals surface area contributed by atoms with E-state index in [-0.39, 0.29) is 18.4 Å². The first kappa shape index (κ1) is 14.0. The molecule has 3 rings (SSSR count). The molecule has 2 amide bonds. The smallest absolute Gasteiger partial charge is 0.259 e. The molecule has 0 radical (unpaired) electrons. The Labute approximate surface area is 128 Å². The monoisotopic (exact) mass is 293 g/mol. The lowest BCUT2D eigenvalue weighted by Gasteiger charge is -2.16. The summed E-state index contributed by atoms with van der Waals surface area (Å²) in [6, 6.07) is 10.8. The molecule has 0 saturated carbocycles. The van der Waals surface area contributed by atoms with Gasteiger partial charge in [0.2, 0.25) is 5.91 Å². The number of carbonyl (C=O) groups is 2. The van der Waals surface area contributed by atoms with Gasteiger partial charge in [0.15, 0.2) is 0 Å². The van der Waals surface area contributed by atoms with E-state index < -0.39 is 0 Å². The highest BCUT2D eigenvalue weighted by Gasteiger charge is 2.31. The van der Waals surface area contributed by atoms with Crippen molar-refractivity contribution < 1.29 is 9.59 Å². The zero-order valence-corrected chi connectivity index (χ0v) is 12.2. The van der Waals surface area contributed by atoms with E-state index in [1.807, 2.05) is 25.1 Å². The number of anilines is 1. The Balaban J connectivity index is 1.73. The van der Waals surface area contributed by atoms with Crippen molar-refractivity contribution in [2.24, 2.45) is 0 Å². The number of pyridine rings is 1. The number of aromatic nitrogens is 1. The number of nitrogens with zero attached hydrogens (tertiary/aromatic N) is 2. The zero-order valence-electron chi connectivity index (χ0n) is 12.2. The van der Waals surface area contributed by atoms with Gasteiger partial charge >= 0.3 is 0 Å². The van der Waals surface area contributed by atoms with Crippen molar-refractivity contribution in [3.63, 3.8) is 0 Å². The minimum Gasteiger partial charge on any atom is -0.309 e. The van der Waals surface area contributed by atoms with Gasteiger partial charge in [0.25, 0.3) is 5.91 Å². The molecular weight excluding hydrogens is 278 g/mol. The standard InChI is InChI=1S/C17H15N3O2/c1-11-7-8-18-15(9-11)19-16(21)10-20-12(2)13-5-3-4-6-14(13)17(20)22/h3-9H,2,10H2,1H3,(H,18,19,21). The summed E-state index contributed by atoms with van der Waals surface area (Å²) in [6.45, 7) is 5.75. The van der Waals surface area contributed by atoms with E-state index in [0.29, 0.717) is 17.1 Å². The van der Waals surface area contributed by atoms with Crippen LogP contribution in [0.25, 0.3) is 5.70 Å². The summed E-state index contributed by atoms with van der Waals surface area (Å²) in [4.78, 5) is 29.9. The molecule has 1 aliphatic heterocycles. The van der Waals surface area contributed by atoms with Crippen molar-refractivity contribution in [1.29, 1.82) is 0 Å². The maximum atomic E-state index is 12.3. The summed E-state index contributed by atoms with van der Waals surface area (Å²) < 4.78 is 0. The molecule has 1 aliphatic rings. The second-order valence-corrected chi connectivity index (χ2v) is 5.15. The summed E-state index contributed by atoms with van der Waals surface area (Å²) in [5, 5.41) is 2.69. The van der Waals surface area contributed by atoms with E-state index in [4.69, 9.17) is 0 Å². The minimum atomic E-state index is -0.305. The van der Waals surface area contributed by atoms with Crippen LogP contribution in [0.15, 0.2) is 49.2 Å². The summed E-state index contributed by atoms with van der Waals surface area (Å²) in [5.74, 6) is -0.0341. The number of amides is 2. The van der Waals surface area contributed by atoms with Gasteiger partial charge in [-0.05, 0) is 30.7 Å². The van der Waals surface area contributed by atoms with Crippen molar-refractivity contribution in [2.75, 3.05) is 11.9 Å². The molecule has 0 fully saturated rings. The summed E-state index contributed by atoms with van der Waals surface area (Å²) in [5.41, 5.74) is 2.90. The van der Waals surface area contributed by atoms with Crippen LogP contribution in [0.2, 0.25) is 0 Å². The first-order chi connectivity index (χ1) is 10.6. The molecule has 0 bridgehead atoms. The van der Waals surface area contributed by atoms with Crippen LogP contribution in [0.3, 0.4) is 0 Å². The third-order valence-electron chi connectivity index (χ3n) is 3.52. The molecule has 1 N–H and O–H groups in total. The molecular formula is C17H15N3O2. The van der Waals surface area contributed by atoms with Crippen LogP contribution in [0.5, 0.6) is 0 Å². The van der Waals surface area contributed by atoms with E-state index in [1.54, 1.807) is 24.4 Å². The van der Waals surface area contributed by atoms with Crippen molar-refractivity contribution in [3.05, 3.63) is 65.9 Å². The van der Waals surface area contributed by atoms with Crippen LogP contribution in [-0.2, 0) is 4.79 Å². The molecule has 22 heavy (non-hydrogen) atoms. The van der Waals surface area contributed by atoms with E-state index in [9.17, 15) is 9.59 Å². The van der Waals surface area contributed by atoms with E-state index in [0.717, 1.165) is 11.1 Å². The molecule has 0 saturated heterocycles. The minimum absolute atomic E-state index is 0.0814. The Morgan fingerprint density at radius 2 is 2.00 bits per heavy atom. The molecule has 0 spiro atoms. The number of hydrogen-bond donors (Lipinski definition) is 1. The van der Waals surface area contributed by atoms with Gasteiger partial charge in [-0.2, -0.15) is 0 Å². The Hall–Kier alpha value is -2.95. The summed E-state index contributed by atoms with van der Waals surface area (Å²) in [7, 11) is 0. The number of carbonyl (C=O) groups excluding carboxylic acids is 2. The first-order valence-corrected chi connectivity index (χ1v) is 6.89. The number of rotatable bonds is 3. The molecule has 2 heterocycles. The second-order valence-electron chi connectivity index (χ2n) is 5.15. The van der Waals surface area contributed by atoms with E-state index in [1.165, 1.54) is 4.90 Å². The molecule has 110 valence electrons. The lowest BCUT2D eigenvalue weighted by molar-refractivity contribution is -0.116. The number of hydrogen-bond acceptors (Lipinski definition) is 3. The highest BCUT2D eigenvalue weighted by atomic mass is 16.2. The fourth-order valence-corrected chi connectivity index (χ4v) is 2.43. The van der Waals surface area contributed by atoms with Crippen molar-refractivity contribution >= 4 is 23.3 Å². The van der Waals surface area contributed by atoms with Crippen LogP contribution in [0, 0.1) is 6.92 Å². The zero-order chi connectivity index (χ0) is 15.7. The predicted octanol–water partition coefficient (Wildman–Crippen LogP) is 2.46. The number of benzene rings is 1. The van der Waals surface area contributed by atoms with Gasteiger partial charge in [-0.25, -0.2) is 4.98 Å². The van der Waals surface area contributed by atoms with Crippen LogP contribution >= 0.6 is 0 Å². The topological polar surface area (TPSA) is 62.3 Å². The number of aryl methyl sites for hydroxylation is 1. The molecule has 5 nitrogen and oxygen atoms in total. The third kappa shape index (κ3) is 2.48. The van der Waals surface area contributed by atoms with Gasteiger partial charge < -0.3 is 5.32 Å². The Kier molecular flexibility index (Phi) is 3.47. The van der Waals surface area contributed by atoms with Gasteiger partial charge in [-0.3, -0.25) is 14.5 Å². The molecule has 1 aromatic heterocycles. The fourth-order valence-electron chi connectivity index (χ4n) is 2.43. The average Bonchev–Trinajstić information content (AvgIpc) is 2.73. The highest BCUT2D eigenvalue weighted by Crippen LogP contribution is 2.30. The van der Waals surface area contributed by atoms with Crippen molar-refractivity contribution in [3.8, 4) is 0 Å². The van der Waals surface area contributed by atoms with Crippen molar-refractivity contribution in [1.82, 2.24) is 9.88 Å². The second kappa shape index (κ2) is 5.44. The van der Waals surface area contributed by atoms with Gasteiger partial charge in [0.05, 0.1) is 0 Å². The highest BCUT2D eigenvalue weighted by molar-refractivity contribution is 6.11. The van der Waals surface area contributed by atoms with Crippen LogP contribution in [0.4, 0.5) is 5.82 Å². The van der Waals surface area contributed by atoms with Crippen LogP contribution in [-0.4, -0.2) is 28.2 Å². The molecule has 2 aromatic rings. The normalized spacial score (nSPS) is 13.2. The Morgan fingerprint density at radius 3 is 2.68 bits per heavy atom. The maximum absolute atomic E-state index is 12.3. The average molecular weight is 293 g/mol. The number of nitrogens with one attached hydrogen (secondary N) is 1. The lowest BCUT2D eigenvalue weighted by Crippen LogP contribution is -2.32. The molecule has 5 heteroatoms. The van der Waals surface area contributed by atoms with Crippen molar-refractivity contribution in [2.45, 2.75) is 6.92 Å². The van der Waals surface area contributed by atoms with Gasteiger partial charge in [-0.1, -0.05) is 24.8 Å². The molecule has 0 unspecified atom stereocenters. The quantitative estimate of drug-likeness (QED) is 0.945. The molecule has 0 atom stereocenters. The Bertz CT molecular complexity index is 748. The largest absolute Gasteiger partial charge is 0.309 e. The van der Waals surface area contributed by atoms with Crippen LogP contribution < -0.4 is 5.32 Å². The SMILES string of the molecule is C=C1c2ccccc2C(=O)N1CC(=O)Nc1cc(C)ccn1.